The lowest BCUT2D eigenvalue weighted by molar-refractivity contribution is -0.126. The van der Waals surface area contributed by atoms with Crippen LogP contribution in [-0.4, -0.2) is 37.6 Å². The fourth-order valence-corrected chi connectivity index (χ4v) is 3.09. The Hall–Kier alpha value is -1.88. The van der Waals surface area contributed by atoms with Gasteiger partial charge in [-0.1, -0.05) is 12.1 Å². The van der Waals surface area contributed by atoms with Crippen molar-refractivity contribution in [3.63, 3.8) is 0 Å². The summed E-state index contributed by atoms with van der Waals surface area (Å²) in [6.45, 7) is 3.78. The van der Waals surface area contributed by atoms with Crippen molar-refractivity contribution >= 4 is 17.5 Å². The number of ether oxygens (including phenoxy) is 1. The minimum atomic E-state index is -0.269. The van der Waals surface area contributed by atoms with Gasteiger partial charge in [-0.15, -0.1) is 0 Å². The van der Waals surface area contributed by atoms with E-state index in [-0.39, 0.29) is 30.3 Å². The molecule has 2 heterocycles. The van der Waals surface area contributed by atoms with Crippen molar-refractivity contribution in [2.45, 2.75) is 32.3 Å². The number of nitrogens with one attached hydrogen (secondary N) is 1. The number of carbonyl (C=O) groups is 2. The fraction of sp³-hybridized carbons (Fsp3) is 0.529. The number of amides is 2. The Kier molecular flexibility index (Phi) is 4.43. The average molecular weight is 302 g/mol. The molecule has 2 fully saturated rings. The van der Waals surface area contributed by atoms with Crippen molar-refractivity contribution in [1.29, 1.82) is 0 Å². The van der Waals surface area contributed by atoms with Gasteiger partial charge in [-0.05, 0) is 37.5 Å². The molecule has 2 unspecified atom stereocenters. The summed E-state index contributed by atoms with van der Waals surface area (Å²) in [5.41, 5.74) is 1.98. The summed E-state index contributed by atoms with van der Waals surface area (Å²) < 4.78 is 5.50. The zero-order valence-corrected chi connectivity index (χ0v) is 12.9. The predicted molar refractivity (Wildman–Crippen MR) is 83.6 cm³/mol. The second kappa shape index (κ2) is 6.48. The minimum Gasteiger partial charge on any atom is -0.376 e. The monoisotopic (exact) mass is 302 g/mol. The van der Waals surface area contributed by atoms with Crippen LogP contribution < -0.4 is 10.2 Å². The summed E-state index contributed by atoms with van der Waals surface area (Å²) in [5, 5.41) is 2.93. The summed E-state index contributed by atoms with van der Waals surface area (Å²) in [4.78, 5) is 26.1. The zero-order chi connectivity index (χ0) is 15.5. The first kappa shape index (κ1) is 15.0. The molecule has 1 aromatic carbocycles. The molecular formula is C17H22N2O3. The molecule has 0 saturated carbocycles. The third-order valence-corrected chi connectivity index (χ3v) is 4.34. The Bertz CT molecular complexity index is 567. The third-order valence-electron chi connectivity index (χ3n) is 4.34. The maximum absolute atomic E-state index is 12.2. The Morgan fingerprint density at radius 2 is 2.32 bits per heavy atom. The van der Waals surface area contributed by atoms with E-state index in [1.54, 1.807) is 4.90 Å². The Balaban J connectivity index is 1.57. The van der Waals surface area contributed by atoms with Crippen LogP contribution in [0.2, 0.25) is 0 Å². The van der Waals surface area contributed by atoms with Crippen LogP contribution in [0.1, 0.15) is 24.8 Å². The minimum absolute atomic E-state index is 0.0165. The van der Waals surface area contributed by atoms with Gasteiger partial charge in [0, 0.05) is 31.8 Å². The number of aryl methyl sites for hydroxylation is 1. The number of hydrogen-bond donors (Lipinski definition) is 1. The molecule has 2 aliphatic heterocycles. The van der Waals surface area contributed by atoms with Crippen LogP contribution in [0.15, 0.2) is 24.3 Å². The van der Waals surface area contributed by atoms with E-state index in [4.69, 9.17) is 4.74 Å². The molecule has 118 valence electrons. The highest BCUT2D eigenvalue weighted by Crippen LogP contribution is 2.25. The number of anilines is 1. The highest BCUT2D eigenvalue weighted by atomic mass is 16.5. The lowest BCUT2D eigenvalue weighted by atomic mass is 10.1. The molecule has 1 aromatic rings. The SMILES string of the molecule is Cc1cccc(N2CC(C(=O)NCC3CCCO3)CC2=O)c1. The topological polar surface area (TPSA) is 58.6 Å². The van der Waals surface area contributed by atoms with E-state index in [2.05, 4.69) is 5.32 Å². The molecule has 0 spiro atoms. The first-order chi connectivity index (χ1) is 10.6. The Morgan fingerprint density at radius 3 is 3.05 bits per heavy atom. The van der Waals surface area contributed by atoms with Gasteiger partial charge < -0.3 is 15.0 Å². The van der Waals surface area contributed by atoms with Crippen LogP contribution in [0.3, 0.4) is 0 Å². The number of rotatable bonds is 4. The molecule has 2 atom stereocenters. The molecule has 0 aliphatic carbocycles. The molecule has 22 heavy (non-hydrogen) atoms. The van der Waals surface area contributed by atoms with E-state index in [9.17, 15) is 9.59 Å². The van der Waals surface area contributed by atoms with Crippen molar-refractivity contribution in [3.05, 3.63) is 29.8 Å². The van der Waals surface area contributed by atoms with Gasteiger partial charge in [0.15, 0.2) is 0 Å². The van der Waals surface area contributed by atoms with E-state index in [0.29, 0.717) is 13.1 Å². The first-order valence-electron chi connectivity index (χ1n) is 7.90. The van der Waals surface area contributed by atoms with Gasteiger partial charge in [0.05, 0.1) is 12.0 Å². The molecule has 5 nitrogen and oxygen atoms in total. The second-order valence-corrected chi connectivity index (χ2v) is 6.12. The molecule has 5 heteroatoms. The fourth-order valence-electron chi connectivity index (χ4n) is 3.09. The Labute approximate surface area is 130 Å². The third kappa shape index (κ3) is 3.30. The lowest BCUT2D eigenvalue weighted by Gasteiger charge is -2.17. The maximum Gasteiger partial charge on any atom is 0.227 e. The van der Waals surface area contributed by atoms with Crippen LogP contribution >= 0.6 is 0 Å². The molecule has 0 bridgehead atoms. The average Bonchev–Trinajstić information content (AvgIpc) is 3.14. The van der Waals surface area contributed by atoms with E-state index in [1.165, 1.54) is 0 Å². The van der Waals surface area contributed by atoms with E-state index >= 15 is 0 Å². The van der Waals surface area contributed by atoms with Crippen molar-refractivity contribution in [1.82, 2.24) is 5.32 Å². The summed E-state index contributed by atoms with van der Waals surface area (Å²) in [6.07, 6.45) is 2.47. The number of carbonyl (C=O) groups excluding carboxylic acids is 2. The van der Waals surface area contributed by atoms with E-state index < -0.39 is 0 Å². The first-order valence-corrected chi connectivity index (χ1v) is 7.90. The molecule has 3 rings (SSSR count). The smallest absolute Gasteiger partial charge is 0.227 e. The van der Waals surface area contributed by atoms with E-state index in [1.807, 2.05) is 31.2 Å². The van der Waals surface area contributed by atoms with Gasteiger partial charge in [-0.2, -0.15) is 0 Å². The lowest BCUT2D eigenvalue weighted by Crippen LogP contribution is -2.37. The van der Waals surface area contributed by atoms with Gasteiger partial charge in [-0.3, -0.25) is 9.59 Å². The van der Waals surface area contributed by atoms with E-state index in [0.717, 1.165) is 30.7 Å². The van der Waals surface area contributed by atoms with Crippen molar-refractivity contribution in [2.24, 2.45) is 5.92 Å². The van der Waals surface area contributed by atoms with Crippen LogP contribution in [-0.2, 0) is 14.3 Å². The van der Waals surface area contributed by atoms with Gasteiger partial charge in [0.1, 0.15) is 0 Å². The number of benzene rings is 1. The van der Waals surface area contributed by atoms with Crippen LogP contribution in [0.4, 0.5) is 5.69 Å². The van der Waals surface area contributed by atoms with Gasteiger partial charge in [0.25, 0.3) is 0 Å². The summed E-state index contributed by atoms with van der Waals surface area (Å²) in [5.74, 6) is -0.295. The van der Waals surface area contributed by atoms with Gasteiger partial charge >= 0.3 is 0 Å². The largest absolute Gasteiger partial charge is 0.376 e. The highest BCUT2D eigenvalue weighted by molar-refractivity contribution is 6.00. The molecule has 0 radical (unpaired) electrons. The molecule has 1 N–H and O–H groups in total. The highest BCUT2D eigenvalue weighted by Gasteiger charge is 2.35. The molecule has 2 saturated heterocycles. The van der Waals surface area contributed by atoms with Crippen molar-refractivity contribution in [3.8, 4) is 0 Å². The van der Waals surface area contributed by atoms with Crippen LogP contribution in [0.5, 0.6) is 0 Å². The zero-order valence-electron chi connectivity index (χ0n) is 12.9. The summed E-state index contributed by atoms with van der Waals surface area (Å²) in [6, 6.07) is 7.82. The number of nitrogens with zero attached hydrogens (tertiary/aromatic N) is 1. The molecule has 2 aliphatic rings. The number of hydrogen-bond acceptors (Lipinski definition) is 3. The molecule has 2 amide bonds. The molecular weight excluding hydrogens is 280 g/mol. The summed E-state index contributed by atoms with van der Waals surface area (Å²) >= 11 is 0. The standard InChI is InChI=1S/C17H22N2O3/c1-12-4-2-5-14(8-12)19-11-13(9-16(19)20)17(21)18-10-15-6-3-7-22-15/h2,4-5,8,13,15H,3,6-7,9-11H2,1H3,(H,18,21). The Morgan fingerprint density at radius 1 is 1.45 bits per heavy atom. The van der Waals surface area contributed by atoms with Crippen LogP contribution in [0, 0.1) is 12.8 Å². The second-order valence-electron chi connectivity index (χ2n) is 6.12. The van der Waals surface area contributed by atoms with Crippen LogP contribution in [0.25, 0.3) is 0 Å². The van der Waals surface area contributed by atoms with Crippen molar-refractivity contribution < 1.29 is 14.3 Å². The quantitative estimate of drug-likeness (QED) is 0.920. The summed E-state index contributed by atoms with van der Waals surface area (Å²) in [7, 11) is 0. The van der Waals surface area contributed by atoms with Gasteiger partial charge in [-0.25, -0.2) is 0 Å². The van der Waals surface area contributed by atoms with Crippen molar-refractivity contribution in [2.75, 3.05) is 24.6 Å². The normalized spacial score (nSPS) is 24.8. The maximum atomic E-state index is 12.2. The molecule has 0 aromatic heterocycles. The predicted octanol–water partition coefficient (Wildman–Crippen LogP) is 1.64. The van der Waals surface area contributed by atoms with Gasteiger partial charge in [0.2, 0.25) is 11.8 Å².